The first-order chi connectivity index (χ1) is 15.2. The van der Waals surface area contributed by atoms with Crippen molar-refractivity contribution in [3.05, 3.63) is 101 Å². The zero-order chi connectivity index (χ0) is 21.2. The van der Waals surface area contributed by atoms with Crippen molar-refractivity contribution in [3.8, 4) is 11.4 Å². The first kappa shape index (κ1) is 19.8. The van der Waals surface area contributed by atoms with Crippen LogP contribution in [0.25, 0.3) is 17.0 Å². The second-order valence-corrected chi connectivity index (χ2v) is 8.71. The number of hydrogen-bond acceptors (Lipinski definition) is 4. The quantitative estimate of drug-likeness (QED) is 0.305. The Morgan fingerprint density at radius 3 is 2.52 bits per heavy atom. The Kier molecular flexibility index (Phi) is 5.49. The summed E-state index contributed by atoms with van der Waals surface area (Å²) in [6.07, 6.45) is 4.10. The van der Waals surface area contributed by atoms with Crippen LogP contribution in [0.15, 0.2) is 84.3 Å². The Morgan fingerprint density at radius 1 is 0.935 bits per heavy atom. The molecule has 0 radical (unpaired) electrons. The van der Waals surface area contributed by atoms with Gasteiger partial charge in [0.15, 0.2) is 11.0 Å². The number of thioether (sulfide) groups is 1. The van der Waals surface area contributed by atoms with E-state index in [1.165, 1.54) is 5.56 Å². The van der Waals surface area contributed by atoms with E-state index in [0.29, 0.717) is 17.3 Å². The molecule has 3 aromatic heterocycles. The molecule has 0 aliphatic heterocycles. The third-order valence-corrected chi connectivity index (χ3v) is 6.33. The number of fused-ring (bicyclic) bond motifs is 1. The maximum absolute atomic E-state index is 6.08. The Hall–Kier alpha value is -3.09. The summed E-state index contributed by atoms with van der Waals surface area (Å²) >= 11 is 7.73. The van der Waals surface area contributed by atoms with Crippen molar-refractivity contribution < 1.29 is 0 Å². The lowest BCUT2D eigenvalue weighted by atomic mass is 10.2. The second kappa shape index (κ2) is 8.57. The number of nitrogens with zero attached hydrogens (tertiary/aromatic N) is 5. The average Bonchev–Trinajstić information content (AvgIpc) is 3.38. The molecule has 2 aromatic carbocycles. The minimum Gasteiger partial charge on any atom is -0.307 e. The van der Waals surface area contributed by atoms with Crippen LogP contribution in [0.3, 0.4) is 0 Å². The molecule has 0 saturated carbocycles. The van der Waals surface area contributed by atoms with Crippen molar-refractivity contribution >= 4 is 29.0 Å². The number of benzene rings is 2. The highest BCUT2D eigenvalue weighted by molar-refractivity contribution is 7.98. The predicted molar refractivity (Wildman–Crippen MR) is 126 cm³/mol. The summed E-state index contributed by atoms with van der Waals surface area (Å²) in [6, 6.07) is 22.2. The molecule has 3 heterocycles. The molecule has 0 fully saturated rings. The van der Waals surface area contributed by atoms with E-state index in [1.54, 1.807) is 11.8 Å². The van der Waals surface area contributed by atoms with Crippen LogP contribution in [-0.2, 0) is 12.3 Å². The zero-order valence-corrected chi connectivity index (χ0v) is 18.5. The van der Waals surface area contributed by atoms with Crippen LogP contribution < -0.4 is 0 Å². The highest BCUT2D eigenvalue weighted by atomic mass is 35.5. The maximum atomic E-state index is 6.08. The number of imidazole rings is 1. The molecular formula is C24H20ClN5S. The van der Waals surface area contributed by atoms with E-state index in [4.69, 9.17) is 16.6 Å². The van der Waals surface area contributed by atoms with Gasteiger partial charge < -0.3 is 4.40 Å². The molecule has 5 aromatic rings. The van der Waals surface area contributed by atoms with Crippen LogP contribution in [0.4, 0.5) is 0 Å². The summed E-state index contributed by atoms with van der Waals surface area (Å²) < 4.78 is 4.23. The molecule has 0 spiro atoms. The number of hydrogen-bond donors (Lipinski definition) is 0. The van der Waals surface area contributed by atoms with Gasteiger partial charge in [0.2, 0.25) is 0 Å². The molecule has 5 nitrogen and oxygen atoms in total. The predicted octanol–water partition coefficient (Wildman–Crippen LogP) is 5.90. The molecule has 7 heteroatoms. The summed E-state index contributed by atoms with van der Waals surface area (Å²) in [5, 5.41) is 10.6. The zero-order valence-electron chi connectivity index (χ0n) is 16.9. The molecule has 0 amide bonds. The average molecular weight is 446 g/mol. The summed E-state index contributed by atoms with van der Waals surface area (Å²) in [7, 11) is 0. The third-order valence-electron chi connectivity index (χ3n) is 5.08. The van der Waals surface area contributed by atoms with E-state index in [2.05, 4.69) is 50.5 Å². The maximum Gasteiger partial charge on any atom is 0.192 e. The van der Waals surface area contributed by atoms with Gasteiger partial charge in [-0.3, -0.25) is 4.57 Å². The van der Waals surface area contributed by atoms with Gasteiger partial charge in [-0.15, -0.1) is 10.2 Å². The molecule has 0 aliphatic carbocycles. The van der Waals surface area contributed by atoms with Crippen LogP contribution in [-0.4, -0.2) is 24.1 Å². The van der Waals surface area contributed by atoms with Gasteiger partial charge in [-0.1, -0.05) is 59.8 Å². The van der Waals surface area contributed by atoms with Crippen LogP contribution in [0.5, 0.6) is 0 Å². The fourth-order valence-electron chi connectivity index (χ4n) is 3.53. The molecular weight excluding hydrogens is 426 g/mol. The van der Waals surface area contributed by atoms with E-state index in [-0.39, 0.29) is 0 Å². The number of pyridine rings is 1. The third kappa shape index (κ3) is 4.22. The summed E-state index contributed by atoms with van der Waals surface area (Å²) in [5.41, 5.74) is 5.36. The Bertz CT molecular complexity index is 1330. The van der Waals surface area contributed by atoms with Gasteiger partial charge >= 0.3 is 0 Å². The second-order valence-electron chi connectivity index (χ2n) is 7.33. The van der Waals surface area contributed by atoms with Gasteiger partial charge in [-0.05, 0) is 48.4 Å². The van der Waals surface area contributed by atoms with Crippen molar-refractivity contribution in [3.63, 3.8) is 0 Å². The van der Waals surface area contributed by atoms with Gasteiger partial charge in [-0.25, -0.2) is 4.98 Å². The number of aromatic nitrogens is 5. The molecule has 0 atom stereocenters. The monoisotopic (exact) mass is 445 g/mol. The molecule has 0 saturated heterocycles. The van der Waals surface area contributed by atoms with Crippen molar-refractivity contribution in [1.29, 1.82) is 0 Å². The van der Waals surface area contributed by atoms with Crippen LogP contribution in [0.1, 0.15) is 16.8 Å². The first-order valence-corrected chi connectivity index (χ1v) is 11.3. The molecule has 0 N–H and O–H groups in total. The standard InChI is InChI=1S/C24H20ClN5S/c1-17-6-5-13-29-15-21(26-22(17)29)16-31-24-28-27-23(19-9-11-20(25)12-10-19)30(24)14-18-7-3-2-4-8-18/h2-13,15H,14,16H2,1H3. The van der Waals surface area contributed by atoms with E-state index < -0.39 is 0 Å². The van der Waals surface area contributed by atoms with Crippen molar-refractivity contribution in [1.82, 2.24) is 24.1 Å². The lowest BCUT2D eigenvalue weighted by Gasteiger charge is -2.10. The molecule has 5 rings (SSSR count). The SMILES string of the molecule is Cc1cccn2cc(CSc3nnc(-c4ccc(Cl)cc4)n3Cc3ccccc3)nc12. The van der Waals surface area contributed by atoms with Crippen molar-refractivity contribution in [2.75, 3.05) is 0 Å². The Balaban J connectivity index is 1.46. The number of aryl methyl sites for hydroxylation is 1. The first-order valence-electron chi connectivity index (χ1n) is 9.96. The molecule has 31 heavy (non-hydrogen) atoms. The smallest absolute Gasteiger partial charge is 0.192 e. The molecule has 0 unspecified atom stereocenters. The van der Waals surface area contributed by atoms with Gasteiger partial charge in [0, 0.05) is 28.7 Å². The lowest BCUT2D eigenvalue weighted by molar-refractivity contribution is 0.714. The van der Waals surface area contributed by atoms with Gasteiger partial charge in [0.05, 0.1) is 12.2 Å². The highest BCUT2D eigenvalue weighted by Crippen LogP contribution is 2.28. The van der Waals surface area contributed by atoms with Gasteiger partial charge in [0.25, 0.3) is 0 Å². The number of halogens is 1. The van der Waals surface area contributed by atoms with E-state index >= 15 is 0 Å². The van der Waals surface area contributed by atoms with E-state index in [1.807, 2.05) is 54.7 Å². The highest BCUT2D eigenvalue weighted by Gasteiger charge is 2.16. The van der Waals surface area contributed by atoms with Crippen molar-refractivity contribution in [2.45, 2.75) is 24.4 Å². The lowest BCUT2D eigenvalue weighted by Crippen LogP contribution is -2.04. The largest absolute Gasteiger partial charge is 0.307 e. The Morgan fingerprint density at radius 2 is 1.74 bits per heavy atom. The van der Waals surface area contributed by atoms with Crippen LogP contribution in [0.2, 0.25) is 5.02 Å². The topological polar surface area (TPSA) is 48.0 Å². The van der Waals surface area contributed by atoms with Gasteiger partial charge in [0.1, 0.15) is 5.65 Å². The minimum absolute atomic E-state index is 0.693. The Labute approximate surface area is 189 Å². The summed E-state index contributed by atoms with van der Waals surface area (Å²) in [4.78, 5) is 4.79. The fraction of sp³-hybridized carbons (Fsp3) is 0.125. The summed E-state index contributed by atoms with van der Waals surface area (Å²) in [6.45, 7) is 2.77. The molecule has 0 bridgehead atoms. The van der Waals surface area contributed by atoms with Gasteiger partial charge in [-0.2, -0.15) is 0 Å². The minimum atomic E-state index is 0.693. The van der Waals surface area contributed by atoms with E-state index in [0.717, 1.165) is 33.4 Å². The number of rotatable bonds is 6. The van der Waals surface area contributed by atoms with Crippen LogP contribution in [0, 0.1) is 6.92 Å². The van der Waals surface area contributed by atoms with E-state index in [9.17, 15) is 0 Å². The molecule has 154 valence electrons. The molecule has 0 aliphatic rings. The normalized spacial score (nSPS) is 11.3. The van der Waals surface area contributed by atoms with Crippen LogP contribution >= 0.6 is 23.4 Å². The fourth-order valence-corrected chi connectivity index (χ4v) is 4.48. The van der Waals surface area contributed by atoms with Crippen molar-refractivity contribution in [2.24, 2.45) is 0 Å². The summed E-state index contributed by atoms with van der Waals surface area (Å²) in [5.74, 6) is 1.54.